The molecule has 1 unspecified atom stereocenters. The van der Waals surface area contributed by atoms with Crippen molar-refractivity contribution in [1.29, 1.82) is 0 Å². The minimum atomic E-state index is -0.949. The molecule has 3 heterocycles. The van der Waals surface area contributed by atoms with Crippen molar-refractivity contribution in [3.63, 3.8) is 0 Å². The van der Waals surface area contributed by atoms with Gasteiger partial charge in [-0.15, -0.1) is 10.2 Å². The first-order valence-electron chi connectivity index (χ1n) is 13.6. The van der Waals surface area contributed by atoms with Gasteiger partial charge in [0.1, 0.15) is 18.1 Å². The third-order valence-corrected chi connectivity index (χ3v) is 9.61. The Bertz CT molecular complexity index is 1860. The fourth-order valence-electron chi connectivity index (χ4n) is 4.79. The first-order chi connectivity index (χ1) is 21.4. The molecule has 1 N–H and O–H groups in total. The molecule has 0 saturated carbocycles. The van der Waals surface area contributed by atoms with Crippen molar-refractivity contribution in [3.8, 4) is 5.75 Å². The fourth-order valence-corrected chi connectivity index (χ4v) is 6.95. The van der Waals surface area contributed by atoms with Gasteiger partial charge in [0.2, 0.25) is 5.13 Å². The minimum Gasteiger partial charge on any atom is -0.507 e. The Balaban J connectivity index is 1.29. The number of carbonyl (C=O) groups is 2. The summed E-state index contributed by atoms with van der Waals surface area (Å²) in [6.45, 7) is 2.42. The molecule has 6 rings (SSSR count). The molecule has 1 fully saturated rings. The van der Waals surface area contributed by atoms with E-state index in [-0.39, 0.29) is 16.5 Å². The van der Waals surface area contributed by atoms with E-state index in [4.69, 9.17) is 16.3 Å². The van der Waals surface area contributed by atoms with Crippen molar-refractivity contribution >= 4 is 57.3 Å². The Morgan fingerprint density at radius 2 is 1.73 bits per heavy atom. The van der Waals surface area contributed by atoms with Crippen LogP contribution in [0.1, 0.15) is 33.9 Å². The second-order valence-corrected chi connectivity index (χ2v) is 12.5. The molecule has 0 aliphatic carbocycles. The maximum atomic E-state index is 13.5. The highest BCUT2D eigenvalue weighted by Crippen LogP contribution is 2.44. The minimum absolute atomic E-state index is 0.0583. The van der Waals surface area contributed by atoms with Crippen molar-refractivity contribution in [2.75, 3.05) is 4.90 Å². The van der Waals surface area contributed by atoms with E-state index in [0.29, 0.717) is 38.6 Å². The number of ether oxygens (including phenoxy) is 1. The summed E-state index contributed by atoms with van der Waals surface area (Å²) in [5.74, 6) is -0.772. The number of benzene rings is 3. The molecule has 11 heteroatoms. The van der Waals surface area contributed by atoms with E-state index in [0.717, 1.165) is 16.7 Å². The molecule has 1 atom stereocenters. The molecular formula is C33H25ClN4O4S2. The predicted molar refractivity (Wildman–Crippen MR) is 172 cm³/mol. The van der Waals surface area contributed by atoms with Gasteiger partial charge in [-0.3, -0.25) is 19.5 Å². The second kappa shape index (κ2) is 13.0. The highest BCUT2D eigenvalue weighted by Gasteiger charge is 2.48. The molecule has 0 spiro atoms. The van der Waals surface area contributed by atoms with Crippen LogP contribution in [0.5, 0.6) is 5.75 Å². The van der Waals surface area contributed by atoms with Crippen LogP contribution in [0.15, 0.2) is 107 Å². The Morgan fingerprint density at radius 1 is 0.977 bits per heavy atom. The molecule has 44 heavy (non-hydrogen) atoms. The lowest BCUT2D eigenvalue weighted by Crippen LogP contribution is -2.29. The van der Waals surface area contributed by atoms with E-state index >= 15 is 0 Å². The Hall–Kier alpha value is -4.51. The standard InChI is InChI=1S/C33H25ClN4O4S2/c1-20-7-2-3-8-23(20)18-42-25-14-12-21(13-15-25)29(39)27-28(22-10-6-16-35-17-22)38(31(41)30(27)40)32-36-37-33(44-32)43-19-24-9-4-5-11-26(24)34/h2-17,28,39H,18-19H2,1H3/b29-27+. The van der Waals surface area contributed by atoms with E-state index < -0.39 is 17.7 Å². The van der Waals surface area contributed by atoms with Gasteiger partial charge >= 0.3 is 5.91 Å². The average Bonchev–Trinajstić information content (AvgIpc) is 3.62. The number of aliphatic hydroxyl groups excluding tert-OH is 1. The summed E-state index contributed by atoms with van der Waals surface area (Å²) >= 11 is 8.91. The summed E-state index contributed by atoms with van der Waals surface area (Å²) in [7, 11) is 0. The van der Waals surface area contributed by atoms with Gasteiger partial charge in [-0.2, -0.15) is 0 Å². The van der Waals surface area contributed by atoms with Crippen LogP contribution in [0.3, 0.4) is 0 Å². The molecule has 2 aromatic heterocycles. The second-order valence-electron chi connectivity index (χ2n) is 9.93. The zero-order valence-corrected chi connectivity index (χ0v) is 25.8. The van der Waals surface area contributed by atoms with Crippen LogP contribution < -0.4 is 9.64 Å². The molecule has 1 amide bonds. The monoisotopic (exact) mass is 640 g/mol. The molecule has 0 radical (unpaired) electrons. The van der Waals surface area contributed by atoms with E-state index in [1.165, 1.54) is 28.0 Å². The number of aryl methyl sites for hydroxylation is 1. The number of halogens is 1. The lowest BCUT2D eigenvalue weighted by molar-refractivity contribution is -0.132. The highest BCUT2D eigenvalue weighted by atomic mass is 35.5. The molecule has 1 saturated heterocycles. The normalized spacial score (nSPS) is 16.0. The zero-order chi connectivity index (χ0) is 30.6. The van der Waals surface area contributed by atoms with Gasteiger partial charge in [-0.25, -0.2) is 0 Å². The molecular weight excluding hydrogens is 616 g/mol. The SMILES string of the molecule is Cc1ccccc1COc1ccc(/C(O)=C2\C(=O)C(=O)N(c3nnc(SCc4ccccc4Cl)s3)C2c2cccnc2)cc1. The number of anilines is 1. The zero-order valence-electron chi connectivity index (χ0n) is 23.4. The van der Waals surface area contributed by atoms with E-state index in [1.54, 1.807) is 48.8 Å². The first-order valence-corrected chi connectivity index (χ1v) is 15.8. The number of aliphatic hydroxyl groups is 1. The van der Waals surface area contributed by atoms with Gasteiger partial charge < -0.3 is 9.84 Å². The number of pyridine rings is 1. The summed E-state index contributed by atoms with van der Waals surface area (Å²) in [6, 6.07) is 24.8. The third kappa shape index (κ3) is 6.10. The molecule has 1 aliphatic rings. The van der Waals surface area contributed by atoms with E-state index in [9.17, 15) is 14.7 Å². The quantitative estimate of drug-likeness (QED) is 0.0584. The number of carbonyl (C=O) groups excluding carboxylic acids is 2. The molecule has 5 aromatic rings. The molecule has 3 aromatic carbocycles. The Labute approximate surface area is 267 Å². The summed E-state index contributed by atoms with van der Waals surface area (Å²) in [5, 5.41) is 20.8. The van der Waals surface area contributed by atoms with Crippen LogP contribution in [0.2, 0.25) is 5.02 Å². The third-order valence-electron chi connectivity index (χ3n) is 7.14. The summed E-state index contributed by atoms with van der Waals surface area (Å²) in [4.78, 5) is 32.4. The van der Waals surface area contributed by atoms with Crippen molar-refractivity contribution in [1.82, 2.24) is 15.2 Å². The Morgan fingerprint density at radius 3 is 2.45 bits per heavy atom. The van der Waals surface area contributed by atoms with Crippen LogP contribution in [0.25, 0.3) is 5.76 Å². The summed E-state index contributed by atoms with van der Waals surface area (Å²) < 4.78 is 6.54. The van der Waals surface area contributed by atoms with Gasteiger partial charge in [0.25, 0.3) is 5.78 Å². The predicted octanol–water partition coefficient (Wildman–Crippen LogP) is 7.39. The highest BCUT2D eigenvalue weighted by molar-refractivity contribution is 8.00. The van der Waals surface area contributed by atoms with Crippen molar-refractivity contribution < 1.29 is 19.4 Å². The van der Waals surface area contributed by atoms with Crippen LogP contribution in [-0.4, -0.2) is 32.0 Å². The smallest absolute Gasteiger partial charge is 0.301 e. The van der Waals surface area contributed by atoms with Crippen LogP contribution in [0, 0.1) is 6.92 Å². The van der Waals surface area contributed by atoms with Crippen LogP contribution >= 0.6 is 34.7 Å². The lowest BCUT2D eigenvalue weighted by Gasteiger charge is -2.22. The van der Waals surface area contributed by atoms with Gasteiger partial charge in [0.05, 0.1) is 11.6 Å². The van der Waals surface area contributed by atoms with Gasteiger partial charge in [0.15, 0.2) is 4.34 Å². The lowest BCUT2D eigenvalue weighted by atomic mass is 9.96. The summed E-state index contributed by atoms with van der Waals surface area (Å²) in [6.07, 6.45) is 3.16. The van der Waals surface area contributed by atoms with E-state index in [1.807, 2.05) is 55.5 Å². The largest absolute Gasteiger partial charge is 0.507 e. The number of hydrogen-bond donors (Lipinski definition) is 1. The topological polar surface area (TPSA) is 106 Å². The number of hydrogen-bond acceptors (Lipinski definition) is 9. The number of rotatable bonds is 9. The number of amides is 1. The fraction of sp³-hybridized carbons (Fsp3) is 0.121. The van der Waals surface area contributed by atoms with Crippen molar-refractivity contribution in [2.24, 2.45) is 0 Å². The molecule has 0 bridgehead atoms. The number of aromatic nitrogens is 3. The number of Topliss-reactive ketones (excluding diaryl/α,β-unsaturated/α-hetero) is 1. The number of ketones is 1. The number of thioether (sulfide) groups is 1. The average molecular weight is 641 g/mol. The summed E-state index contributed by atoms with van der Waals surface area (Å²) in [5.41, 5.74) is 4.00. The van der Waals surface area contributed by atoms with Crippen molar-refractivity contribution in [3.05, 3.63) is 136 Å². The molecule has 8 nitrogen and oxygen atoms in total. The van der Waals surface area contributed by atoms with Gasteiger partial charge in [-0.05, 0) is 65.6 Å². The van der Waals surface area contributed by atoms with Crippen molar-refractivity contribution in [2.45, 2.75) is 29.7 Å². The maximum Gasteiger partial charge on any atom is 0.301 e. The van der Waals surface area contributed by atoms with E-state index in [2.05, 4.69) is 15.2 Å². The van der Waals surface area contributed by atoms with Gasteiger partial charge in [0, 0.05) is 28.7 Å². The molecule has 220 valence electrons. The van der Waals surface area contributed by atoms with Crippen LogP contribution in [0.4, 0.5) is 5.13 Å². The maximum absolute atomic E-state index is 13.5. The first kappa shape index (κ1) is 29.6. The van der Waals surface area contributed by atoms with Gasteiger partial charge in [-0.1, -0.05) is 83.2 Å². The van der Waals surface area contributed by atoms with Crippen LogP contribution in [-0.2, 0) is 21.9 Å². The number of nitrogens with zero attached hydrogens (tertiary/aromatic N) is 4. The molecule has 1 aliphatic heterocycles. The Kier molecular flexibility index (Phi) is 8.74.